The molecule has 2 aromatic rings. The summed E-state index contributed by atoms with van der Waals surface area (Å²) < 4.78 is 5.59. The molecule has 2 aliphatic heterocycles. The third kappa shape index (κ3) is 3.55. The van der Waals surface area contributed by atoms with Crippen molar-refractivity contribution in [3.63, 3.8) is 0 Å². The summed E-state index contributed by atoms with van der Waals surface area (Å²) in [6.45, 7) is 1.93. The molecular formula is C27H24Cl2N2O5. The van der Waals surface area contributed by atoms with Crippen LogP contribution in [0, 0.1) is 36.5 Å². The number of hydrogen-bond acceptors (Lipinski definition) is 5. The third-order valence-corrected chi connectivity index (χ3v) is 9.04. The Balaban J connectivity index is 1.16. The standard InChI is InChI=1S/C27H24Cl2N2O5/c1-13-9-17(7-8-19(13)31-25(33)22-14-5-6-15(10-14)23(22)26(31)34)36-27(35)16-11-21(32)30(12-16)20-4-2-3-18(28)24(20)29/h2-4,7-9,14-16,22-23H,5-6,10-12H2,1H3/t14-,15-,16+,22-,23-/m0/s1. The van der Waals surface area contributed by atoms with Gasteiger partial charge in [0.25, 0.3) is 0 Å². The molecular weight excluding hydrogens is 503 g/mol. The molecule has 186 valence electrons. The second-order valence-electron chi connectivity index (χ2n) is 10.2. The fourth-order valence-corrected chi connectivity index (χ4v) is 6.98. The maximum absolute atomic E-state index is 13.2. The van der Waals surface area contributed by atoms with Gasteiger partial charge in [0, 0.05) is 13.0 Å². The van der Waals surface area contributed by atoms with Crippen LogP contribution in [0.25, 0.3) is 0 Å². The van der Waals surface area contributed by atoms with Crippen LogP contribution in [0.2, 0.25) is 10.0 Å². The lowest BCUT2D eigenvalue weighted by molar-refractivity contribution is -0.139. The van der Waals surface area contributed by atoms with E-state index < -0.39 is 11.9 Å². The summed E-state index contributed by atoms with van der Waals surface area (Å²) in [7, 11) is 0. The molecule has 4 fully saturated rings. The molecule has 0 aromatic heterocycles. The zero-order chi connectivity index (χ0) is 25.3. The molecule has 2 aliphatic carbocycles. The molecule has 2 saturated heterocycles. The number of aryl methyl sites for hydroxylation is 1. The number of anilines is 2. The van der Waals surface area contributed by atoms with Crippen LogP contribution in [0.1, 0.15) is 31.2 Å². The van der Waals surface area contributed by atoms with Gasteiger partial charge in [0.15, 0.2) is 0 Å². The predicted molar refractivity (Wildman–Crippen MR) is 134 cm³/mol. The maximum atomic E-state index is 13.2. The average molecular weight is 527 g/mol. The lowest BCUT2D eigenvalue weighted by atomic mass is 9.81. The van der Waals surface area contributed by atoms with Crippen LogP contribution in [-0.4, -0.2) is 30.2 Å². The summed E-state index contributed by atoms with van der Waals surface area (Å²) in [6, 6.07) is 9.91. The number of rotatable bonds is 4. The molecule has 7 nitrogen and oxygen atoms in total. The number of halogens is 2. The Bertz CT molecular complexity index is 1300. The normalized spacial score (nSPS) is 28.9. The second kappa shape index (κ2) is 8.60. The van der Waals surface area contributed by atoms with E-state index in [0.29, 0.717) is 39.5 Å². The molecule has 2 bridgehead atoms. The molecule has 2 saturated carbocycles. The van der Waals surface area contributed by atoms with Crippen LogP contribution in [0.15, 0.2) is 36.4 Å². The number of carbonyl (C=O) groups is 4. The van der Waals surface area contributed by atoms with Crippen molar-refractivity contribution in [2.75, 3.05) is 16.3 Å². The molecule has 5 atom stereocenters. The molecule has 4 aliphatic rings. The van der Waals surface area contributed by atoms with E-state index in [2.05, 4.69) is 0 Å². The molecule has 0 radical (unpaired) electrons. The highest BCUT2D eigenvalue weighted by atomic mass is 35.5. The fourth-order valence-electron chi connectivity index (χ4n) is 6.59. The zero-order valence-corrected chi connectivity index (χ0v) is 21.1. The number of amides is 3. The third-order valence-electron chi connectivity index (χ3n) is 8.24. The lowest BCUT2D eigenvalue weighted by Gasteiger charge is -2.20. The van der Waals surface area contributed by atoms with Gasteiger partial charge in [0.1, 0.15) is 5.75 Å². The van der Waals surface area contributed by atoms with Crippen molar-refractivity contribution in [3.05, 3.63) is 52.0 Å². The number of imide groups is 1. The molecule has 2 heterocycles. The lowest BCUT2D eigenvalue weighted by Crippen LogP contribution is -2.33. The van der Waals surface area contributed by atoms with E-state index in [1.165, 1.54) is 9.80 Å². The van der Waals surface area contributed by atoms with Crippen molar-refractivity contribution < 1.29 is 23.9 Å². The molecule has 0 spiro atoms. The van der Waals surface area contributed by atoms with Gasteiger partial charge in [-0.25, -0.2) is 4.90 Å². The van der Waals surface area contributed by atoms with Crippen LogP contribution >= 0.6 is 23.2 Å². The summed E-state index contributed by atoms with van der Waals surface area (Å²) in [5.74, 6) is -1.09. The Morgan fingerprint density at radius 3 is 2.33 bits per heavy atom. The van der Waals surface area contributed by atoms with Crippen LogP contribution in [0.5, 0.6) is 5.75 Å². The van der Waals surface area contributed by atoms with Crippen molar-refractivity contribution >= 4 is 58.3 Å². The van der Waals surface area contributed by atoms with Gasteiger partial charge in [-0.2, -0.15) is 0 Å². The van der Waals surface area contributed by atoms with E-state index in [4.69, 9.17) is 27.9 Å². The van der Waals surface area contributed by atoms with Crippen molar-refractivity contribution in [2.45, 2.75) is 32.6 Å². The number of carbonyl (C=O) groups excluding carboxylic acids is 4. The summed E-state index contributed by atoms with van der Waals surface area (Å²) in [5.41, 5.74) is 1.67. The largest absolute Gasteiger partial charge is 0.426 e. The molecule has 3 amide bonds. The number of benzene rings is 2. The molecule has 0 N–H and O–H groups in total. The first kappa shape index (κ1) is 23.5. The van der Waals surface area contributed by atoms with Crippen molar-refractivity contribution in [1.82, 2.24) is 0 Å². The van der Waals surface area contributed by atoms with Crippen LogP contribution < -0.4 is 14.5 Å². The zero-order valence-electron chi connectivity index (χ0n) is 19.6. The van der Waals surface area contributed by atoms with E-state index in [1.807, 2.05) is 0 Å². The van der Waals surface area contributed by atoms with E-state index in [9.17, 15) is 19.2 Å². The van der Waals surface area contributed by atoms with Crippen molar-refractivity contribution in [1.29, 1.82) is 0 Å². The Kier molecular flexibility index (Phi) is 5.61. The van der Waals surface area contributed by atoms with E-state index in [-0.39, 0.29) is 47.5 Å². The SMILES string of the molecule is Cc1cc(OC(=O)[C@@H]2CC(=O)N(c3cccc(Cl)c3Cl)C2)ccc1N1C(=O)[C@H]2[C@H]3CC[C@@H](C3)[C@@H]2C1=O. The highest BCUT2D eigenvalue weighted by Gasteiger charge is 2.61. The highest BCUT2D eigenvalue weighted by Crippen LogP contribution is 2.56. The predicted octanol–water partition coefficient (Wildman–Crippen LogP) is 4.80. The smallest absolute Gasteiger partial charge is 0.316 e. The van der Waals surface area contributed by atoms with Gasteiger partial charge in [0.05, 0.1) is 39.2 Å². The number of nitrogens with zero attached hydrogens (tertiary/aromatic N) is 2. The van der Waals surface area contributed by atoms with Gasteiger partial charge in [-0.1, -0.05) is 29.3 Å². The number of esters is 1. The minimum atomic E-state index is -0.663. The molecule has 0 unspecified atom stereocenters. The van der Waals surface area contributed by atoms with Gasteiger partial charge in [-0.15, -0.1) is 0 Å². The Morgan fingerprint density at radius 1 is 0.972 bits per heavy atom. The molecule has 6 rings (SSSR count). The number of fused-ring (bicyclic) bond motifs is 5. The summed E-state index contributed by atoms with van der Waals surface area (Å²) in [6.07, 6.45) is 3.04. The first-order valence-electron chi connectivity index (χ1n) is 12.2. The minimum Gasteiger partial charge on any atom is -0.426 e. The Hall–Kier alpha value is -2.90. The number of ether oxygens (including phenoxy) is 1. The van der Waals surface area contributed by atoms with E-state index >= 15 is 0 Å². The maximum Gasteiger partial charge on any atom is 0.316 e. The van der Waals surface area contributed by atoms with Gasteiger partial charge in [-0.05, 0) is 73.9 Å². The van der Waals surface area contributed by atoms with E-state index in [1.54, 1.807) is 43.3 Å². The van der Waals surface area contributed by atoms with Gasteiger partial charge < -0.3 is 9.64 Å². The Labute approximate surface area is 218 Å². The summed E-state index contributed by atoms with van der Waals surface area (Å²) >= 11 is 12.3. The van der Waals surface area contributed by atoms with Crippen molar-refractivity contribution in [2.24, 2.45) is 29.6 Å². The highest BCUT2D eigenvalue weighted by molar-refractivity contribution is 6.44. The first-order valence-corrected chi connectivity index (χ1v) is 12.9. The topological polar surface area (TPSA) is 84.0 Å². The second-order valence-corrected chi connectivity index (χ2v) is 11.0. The summed E-state index contributed by atoms with van der Waals surface area (Å²) in [4.78, 5) is 54.6. The fraction of sp³-hybridized carbons (Fsp3) is 0.407. The van der Waals surface area contributed by atoms with E-state index in [0.717, 1.165) is 19.3 Å². The van der Waals surface area contributed by atoms with Gasteiger partial charge in [-0.3, -0.25) is 19.2 Å². The quantitative estimate of drug-likeness (QED) is 0.324. The first-order chi connectivity index (χ1) is 17.2. The minimum absolute atomic E-state index is 0.000628. The monoisotopic (exact) mass is 526 g/mol. The average Bonchev–Trinajstić information content (AvgIpc) is 3.60. The molecule has 36 heavy (non-hydrogen) atoms. The molecule has 2 aromatic carbocycles. The van der Waals surface area contributed by atoms with Crippen molar-refractivity contribution in [3.8, 4) is 5.75 Å². The van der Waals surface area contributed by atoms with Gasteiger partial charge >= 0.3 is 5.97 Å². The van der Waals surface area contributed by atoms with Crippen LogP contribution in [0.4, 0.5) is 11.4 Å². The number of hydrogen-bond donors (Lipinski definition) is 0. The summed E-state index contributed by atoms with van der Waals surface area (Å²) in [5, 5.41) is 0.589. The van der Waals surface area contributed by atoms with Gasteiger partial charge in [0.2, 0.25) is 17.7 Å². The Morgan fingerprint density at radius 2 is 1.67 bits per heavy atom. The van der Waals surface area contributed by atoms with Crippen LogP contribution in [0.3, 0.4) is 0 Å². The van der Waals surface area contributed by atoms with Crippen LogP contribution in [-0.2, 0) is 19.2 Å². The molecule has 9 heteroatoms.